The number of aliphatic hydroxyl groups is 2. The summed E-state index contributed by atoms with van der Waals surface area (Å²) in [7, 11) is 0. The standard InChI is InChI=1S/C15H28.C14H24O.C13H24O2.C2H6.CH2O3.Na.H/c1-5-11(2)13-8-9-14-12(3)7-6-10-15(13,14)4;1-10-5-4-8-14(3)12(10)6-7-13(14)11(2)9-15;1-9(8-14)10-5-6-11-12(15)4-3-7-13(10,11)2;1-2;2-1-4-3;;/h11-14H,5-10H2,1-4H3;9-13H,4-8H2,1-3H3;9-12,14-15H,3-8H2,1-2H3;1-2H3;1,3H;;/q;;;;;+1;-1/t11-,12+,13?,14+,15-;10-,11+,12-,13?,14-;9-,10?,11+,12+,13-;;;;/m101..../s1. The van der Waals surface area contributed by atoms with Crippen LogP contribution in [0.5, 0.6) is 0 Å². The van der Waals surface area contributed by atoms with Crippen LogP contribution in [0.2, 0.25) is 0 Å². The molecule has 6 rings (SSSR count). The number of aldehydes is 1. The van der Waals surface area contributed by atoms with Gasteiger partial charge in [-0.1, -0.05) is 115 Å². The van der Waals surface area contributed by atoms with Crippen LogP contribution < -0.4 is 29.6 Å². The summed E-state index contributed by atoms with van der Waals surface area (Å²) < 4.78 is 0. The molecule has 0 heterocycles. The predicted molar refractivity (Wildman–Crippen MR) is 212 cm³/mol. The van der Waals surface area contributed by atoms with Crippen LogP contribution in [0.4, 0.5) is 0 Å². The van der Waals surface area contributed by atoms with Gasteiger partial charge in [-0.15, -0.1) is 0 Å². The van der Waals surface area contributed by atoms with Gasteiger partial charge in [-0.3, -0.25) is 4.79 Å². The van der Waals surface area contributed by atoms with E-state index in [1.54, 1.807) is 0 Å². The number of fused-ring (bicyclic) bond motifs is 3. The van der Waals surface area contributed by atoms with Crippen molar-refractivity contribution in [2.24, 2.45) is 81.3 Å². The van der Waals surface area contributed by atoms with E-state index in [4.69, 9.17) is 10.1 Å². The van der Waals surface area contributed by atoms with Gasteiger partial charge in [0, 0.05) is 12.5 Å². The van der Waals surface area contributed by atoms with Crippen LogP contribution in [-0.4, -0.2) is 40.9 Å². The summed E-state index contributed by atoms with van der Waals surface area (Å²) in [5.74, 6) is 8.21. The summed E-state index contributed by atoms with van der Waals surface area (Å²) in [6.45, 7) is 25.7. The Kier molecular flexibility index (Phi) is 22.4. The number of aliphatic hydroxyl groups excluding tert-OH is 2. The van der Waals surface area contributed by atoms with Gasteiger partial charge in [-0.05, 0) is 140 Å². The fraction of sp³-hybridized carbons (Fsp3) is 0.956. The molecule has 6 fully saturated rings. The van der Waals surface area contributed by atoms with E-state index in [1.165, 1.54) is 89.8 Å². The third kappa shape index (κ3) is 11.3. The molecule has 6 aliphatic carbocycles. The van der Waals surface area contributed by atoms with Gasteiger partial charge >= 0.3 is 36.0 Å². The van der Waals surface area contributed by atoms with Crippen molar-refractivity contribution in [3.63, 3.8) is 0 Å². The van der Waals surface area contributed by atoms with E-state index in [1.807, 2.05) is 13.8 Å². The van der Waals surface area contributed by atoms with E-state index >= 15 is 0 Å². The van der Waals surface area contributed by atoms with Crippen LogP contribution in [0.1, 0.15) is 180 Å². The third-order valence-electron chi connectivity index (χ3n) is 16.4. The first-order chi connectivity index (χ1) is 24.2. The second kappa shape index (κ2) is 23.3. The Morgan fingerprint density at radius 1 is 0.692 bits per heavy atom. The molecule has 7 heteroatoms. The molecule has 0 aromatic carbocycles. The first-order valence-electron chi connectivity index (χ1n) is 21.7. The van der Waals surface area contributed by atoms with Gasteiger partial charge in [0.1, 0.15) is 6.29 Å². The molecule has 15 atom stereocenters. The molecule has 52 heavy (non-hydrogen) atoms. The van der Waals surface area contributed by atoms with Crippen molar-refractivity contribution in [2.75, 3.05) is 6.61 Å². The van der Waals surface area contributed by atoms with E-state index in [0.29, 0.717) is 46.5 Å². The monoisotopic (exact) mass is 745 g/mol. The Morgan fingerprint density at radius 2 is 1.08 bits per heavy atom. The Balaban J connectivity index is 0.000000699. The van der Waals surface area contributed by atoms with E-state index in [9.17, 15) is 15.0 Å². The van der Waals surface area contributed by atoms with Crippen LogP contribution in [0, 0.1) is 81.3 Å². The zero-order valence-electron chi connectivity index (χ0n) is 37.2. The second-order valence-corrected chi connectivity index (χ2v) is 18.8. The Hall–Kier alpha value is 0.0200. The SMILES string of the molecule is CC.CC[C@@H](C)C1CC[C@H]2[C@@H](C)CCC[C@]12C.C[C@H](C=O)C1CC[C@H]2[C@@H](C)CCC[C@]12C.C[C@H](CO)C1CC[C@H]2[C@@H](O)CCC[C@]12C.O=COO.[H-].[Na+]. The van der Waals surface area contributed by atoms with Crippen molar-refractivity contribution < 1.29 is 60.9 Å². The topological polar surface area (TPSA) is 104 Å². The van der Waals surface area contributed by atoms with E-state index < -0.39 is 0 Å². The van der Waals surface area contributed by atoms with E-state index in [-0.39, 0.29) is 49.5 Å². The molecule has 3 unspecified atom stereocenters. The molecule has 0 saturated heterocycles. The maximum Gasteiger partial charge on any atom is 1.00 e. The predicted octanol–water partition coefficient (Wildman–Crippen LogP) is 8.53. The van der Waals surface area contributed by atoms with Crippen LogP contribution >= 0.6 is 0 Å². The minimum absolute atomic E-state index is 0. The zero-order valence-corrected chi connectivity index (χ0v) is 38.2. The first kappa shape index (κ1) is 50.0. The van der Waals surface area contributed by atoms with Gasteiger partial charge < -0.3 is 21.3 Å². The first-order valence-corrected chi connectivity index (χ1v) is 21.7. The normalized spacial score (nSPS) is 41.6. The van der Waals surface area contributed by atoms with Gasteiger partial charge in [0.25, 0.3) is 0 Å². The van der Waals surface area contributed by atoms with Gasteiger partial charge in [-0.2, -0.15) is 0 Å². The number of hydrogen-bond acceptors (Lipinski definition) is 6. The number of hydrogen-bond donors (Lipinski definition) is 3. The summed E-state index contributed by atoms with van der Waals surface area (Å²) in [5.41, 5.74) is 1.46. The molecule has 0 aliphatic heterocycles. The summed E-state index contributed by atoms with van der Waals surface area (Å²) in [5, 5.41) is 26.4. The van der Waals surface area contributed by atoms with Crippen LogP contribution in [0.3, 0.4) is 0 Å². The average Bonchev–Trinajstić information content (AvgIpc) is 3.80. The third-order valence-corrected chi connectivity index (χ3v) is 16.4. The molecule has 0 amide bonds. The molecule has 302 valence electrons. The van der Waals surface area contributed by atoms with Crippen molar-refractivity contribution >= 4 is 12.8 Å². The molecular formula is C45H85NaO6. The summed E-state index contributed by atoms with van der Waals surface area (Å²) in [6, 6.07) is 0. The smallest absolute Gasteiger partial charge is 1.00 e. The Bertz CT molecular complexity index is 969. The van der Waals surface area contributed by atoms with Gasteiger partial charge in [0.05, 0.1) is 6.10 Å². The fourth-order valence-corrected chi connectivity index (χ4v) is 13.6. The number of carbonyl (C=O) groups is 2. The minimum atomic E-state index is -0.0837. The van der Waals surface area contributed by atoms with Crippen molar-refractivity contribution in [3.8, 4) is 0 Å². The zero-order chi connectivity index (χ0) is 38.6. The second-order valence-electron chi connectivity index (χ2n) is 18.8. The summed E-state index contributed by atoms with van der Waals surface area (Å²) in [4.78, 5) is 22.6. The van der Waals surface area contributed by atoms with E-state index in [0.717, 1.165) is 54.8 Å². The molecule has 0 spiro atoms. The molecule has 0 aromatic rings. The molecule has 0 aromatic heterocycles. The van der Waals surface area contributed by atoms with Gasteiger partial charge in [-0.25, -0.2) is 5.26 Å². The summed E-state index contributed by atoms with van der Waals surface area (Å²) in [6.07, 6.45) is 22.5. The van der Waals surface area contributed by atoms with Crippen LogP contribution in [0.25, 0.3) is 0 Å². The van der Waals surface area contributed by atoms with Crippen LogP contribution in [-0.2, 0) is 14.5 Å². The Labute approximate surface area is 344 Å². The number of rotatable bonds is 7. The largest absolute Gasteiger partial charge is 1.00 e. The van der Waals surface area contributed by atoms with E-state index in [2.05, 4.69) is 67.2 Å². The molecule has 0 bridgehead atoms. The molecular weight excluding hydrogens is 659 g/mol. The maximum absolute atomic E-state index is 11.0. The minimum Gasteiger partial charge on any atom is -1.00 e. The summed E-state index contributed by atoms with van der Waals surface area (Å²) >= 11 is 0. The number of carbonyl (C=O) groups excluding carboxylic acids is 2. The molecule has 3 N–H and O–H groups in total. The quantitative estimate of drug-likeness (QED) is 0.105. The molecule has 6 aliphatic rings. The van der Waals surface area contributed by atoms with Crippen molar-refractivity contribution in [2.45, 2.75) is 185 Å². The Morgan fingerprint density at radius 3 is 1.50 bits per heavy atom. The molecule has 6 saturated carbocycles. The molecule has 6 nitrogen and oxygen atoms in total. The molecule has 0 radical (unpaired) electrons. The van der Waals surface area contributed by atoms with Crippen molar-refractivity contribution in [1.29, 1.82) is 0 Å². The van der Waals surface area contributed by atoms with Gasteiger partial charge in [0.2, 0.25) is 0 Å². The maximum atomic E-state index is 11.0. The van der Waals surface area contributed by atoms with Gasteiger partial charge in [0.15, 0.2) is 0 Å². The van der Waals surface area contributed by atoms with Crippen molar-refractivity contribution in [3.05, 3.63) is 0 Å². The average molecular weight is 745 g/mol. The van der Waals surface area contributed by atoms with Crippen molar-refractivity contribution in [1.82, 2.24) is 0 Å². The fourth-order valence-electron chi connectivity index (χ4n) is 13.6. The van der Waals surface area contributed by atoms with Crippen LogP contribution in [0.15, 0.2) is 0 Å².